The van der Waals surface area contributed by atoms with E-state index in [1.807, 2.05) is 6.07 Å². The fourth-order valence-electron chi connectivity index (χ4n) is 2.66. The highest BCUT2D eigenvalue weighted by molar-refractivity contribution is 5.44. The van der Waals surface area contributed by atoms with Crippen molar-refractivity contribution in [2.75, 3.05) is 5.73 Å². The molecule has 1 atom stereocenters. The Morgan fingerprint density at radius 1 is 1.39 bits per heavy atom. The van der Waals surface area contributed by atoms with Crippen molar-refractivity contribution >= 4 is 5.82 Å². The molecule has 0 spiro atoms. The van der Waals surface area contributed by atoms with E-state index in [9.17, 15) is 0 Å². The normalized spacial score (nSPS) is 19.1. The standard InChI is InChI=1S/C14H17N3O/c1-2-12-13-11(14(15)16-18-13)9-17(12)8-10-6-4-3-5-7-10/h3-7,12H,2,8-9H2,1H3,(H2,15,16). The molecular weight excluding hydrogens is 226 g/mol. The predicted molar refractivity (Wildman–Crippen MR) is 69.6 cm³/mol. The molecule has 0 saturated heterocycles. The molecule has 4 heteroatoms. The van der Waals surface area contributed by atoms with Crippen LogP contribution < -0.4 is 5.73 Å². The van der Waals surface area contributed by atoms with Crippen LogP contribution in [0.5, 0.6) is 0 Å². The lowest BCUT2D eigenvalue weighted by atomic mass is 10.1. The highest BCUT2D eigenvalue weighted by atomic mass is 16.5. The first-order valence-corrected chi connectivity index (χ1v) is 6.31. The highest BCUT2D eigenvalue weighted by Crippen LogP contribution is 2.39. The topological polar surface area (TPSA) is 55.3 Å². The average Bonchev–Trinajstić information content (AvgIpc) is 2.91. The molecule has 1 aliphatic rings. The molecule has 1 unspecified atom stereocenters. The van der Waals surface area contributed by atoms with Crippen molar-refractivity contribution < 1.29 is 4.52 Å². The molecule has 2 N–H and O–H groups in total. The van der Waals surface area contributed by atoms with E-state index < -0.39 is 0 Å². The molecule has 94 valence electrons. The zero-order valence-electron chi connectivity index (χ0n) is 10.5. The second-order valence-electron chi connectivity index (χ2n) is 4.73. The van der Waals surface area contributed by atoms with Crippen molar-refractivity contribution in [1.82, 2.24) is 10.1 Å². The number of nitrogen functional groups attached to an aromatic ring is 1. The highest BCUT2D eigenvalue weighted by Gasteiger charge is 2.34. The molecule has 0 saturated carbocycles. The van der Waals surface area contributed by atoms with Crippen molar-refractivity contribution in [3.8, 4) is 0 Å². The van der Waals surface area contributed by atoms with Crippen LogP contribution >= 0.6 is 0 Å². The van der Waals surface area contributed by atoms with Crippen LogP contribution in [0.2, 0.25) is 0 Å². The minimum Gasteiger partial charge on any atom is -0.381 e. The van der Waals surface area contributed by atoms with E-state index in [0.717, 1.165) is 30.8 Å². The number of benzene rings is 1. The van der Waals surface area contributed by atoms with Gasteiger partial charge in [-0.3, -0.25) is 4.90 Å². The van der Waals surface area contributed by atoms with Gasteiger partial charge < -0.3 is 10.3 Å². The Hall–Kier alpha value is -1.81. The van der Waals surface area contributed by atoms with E-state index in [1.54, 1.807) is 0 Å². The summed E-state index contributed by atoms with van der Waals surface area (Å²) in [6, 6.07) is 10.8. The van der Waals surface area contributed by atoms with Gasteiger partial charge in [0.2, 0.25) is 0 Å². The van der Waals surface area contributed by atoms with Crippen LogP contribution in [-0.4, -0.2) is 10.1 Å². The van der Waals surface area contributed by atoms with Crippen LogP contribution in [0.25, 0.3) is 0 Å². The second kappa shape index (κ2) is 4.46. The number of hydrogen-bond acceptors (Lipinski definition) is 4. The van der Waals surface area contributed by atoms with Crippen molar-refractivity contribution in [1.29, 1.82) is 0 Å². The van der Waals surface area contributed by atoms with Gasteiger partial charge in [0.15, 0.2) is 11.6 Å². The second-order valence-corrected chi connectivity index (χ2v) is 4.73. The Balaban J connectivity index is 1.83. The van der Waals surface area contributed by atoms with Gasteiger partial charge >= 0.3 is 0 Å². The van der Waals surface area contributed by atoms with Crippen LogP contribution in [0.4, 0.5) is 5.82 Å². The number of aromatic nitrogens is 1. The van der Waals surface area contributed by atoms with Gasteiger partial charge in [-0.1, -0.05) is 42.4 Å². The summed E-state index contributed by atoms with van der Waals surface area (Å²) in [6.45, 7) is 3.91. The minimum absolute atomic E-state index is 0.296. The van der Waals surface area contributed by atoms with Gasteiger partial charge in [-0.15, -0.1) is 0 Å². The molecule has 1 aliphatic heterocycles. The molecule has 2 heterocycles. The summed E-state index contributed by atoms with van der Waals surface area (Å²) >= 11 is 0. The van der Waals surface area contributed by atoms with Gasteiger partial charge in [0, 0.05) is 13.1 Å². The van der Waals surface area contributed by atoms with Gasteiger partial charge in [0.25, 0.3) is 0 Å². The number of hydrogen-bond donors (Lipinski definition) is 1. The first kappa shape index (κ1) is 11.3. The van der Waals surface area contributed by atoms with Crippen molar-refractivity contribution in [2.24, 2.45) is 0 Å². The van der Waals surface area contributed by atoms with E-state index in [-0.39, 0.29) is 0 Å². The lowest BCUT2D eigenvalue weighted by molar-refractivity contribution is 0.174. The van der Waals surface area contributed by atoms with Gasteiger partial charge in [-0.05, 0) is 12.0 Å². The van der Waals surface area contributed by atoms with Crippen molar-refractivity contribution in [3.63, 3.8) is 0 Å². The summed E-state index contributed by atoms with van der Waals surface area (Å²) in [5.74, 6) is 1.49. The van der Waals surface area contributed by atoms with Gasteiger partial charge in [-0.25, -0.2) is 0 Å². The van der Waals surface area contributed by atoms with E-state index in [4.69, 9.17) is 10.3 Å². The van der Waals surface area contributed by atoms with Crippen molar-refractivity contribution in [3.05, 3.63) is 47.2 Å². The molecular formula is C14H17N3O. The Kier molecular flexibility index (Phi) is 2.80. The molecule has 18 heavy (non-hydrogen) atoms. The van der Waals surface area contributed by atoms with Crippen molar-refractivity contribution in [2.45, 2.75) is 32.5 Å². The van der Waals surface area contributed by atoms with Gasteiger partial charge in [0.05, 0.1) is 11.6 Å². The van der Waals surface area contributed by atoms with E-state index in [1.165, 1.54) is 5.56 Å². The molecule has 0 bridgehead atoms. The first-order valence-electron chi connectivity index (χ1n) is 6.31. The average molecular weight is 243 g/mol. The Morgan fingerprint density at radius 3 is 2.89 bits per heavy atom. The molecule has 2 aromatic rings. The number of rotatable bonds is 3. The zero-order chi connectivity index (χ0) is 12.5. The Morgan fingerprint density at radius 2 is 2.17 bits per heavy atom. The Labute approximate surface area is 106 Å². The summed E-state index contributed by atoms with van der Waals surface area (Å²) in [4.78, 5) is 2.39. The summed E-state index contributed by atoms with van der Waals surface area (Å²) in [7, 11) is 0. The zero-order valence-corrected chi connectivity index (χ0v) is 10.5. The summed E-state index contributed by atoms with van der Waals surface area (Å²) < 4.78 is 5.36. The van der Waals surface area contributed by atoms with Crippen LogP contribution in [-0.2, 0) is 13.1 Å². The SMILES string of the molecule is CCC1c2onc(N)c2CN1Cc1ccccc1. The maximum Gasteiger partial charge on any atom is 0.171 e. The summed E-state index contributed by atoms with van der Waals surface area (Å²) in [5.41, 5.74) is 8.21. The molecule has 4 nitrogen and oxygen atoms in total. The molecule has 1 aromatic heterocycles. The van der Waals surface area contributed by atoms with Crippen LogP contribution in [0.15, 0.2) is 34.9 Å². The van der Waals surface area contributed by atoms with E-state index in [2.05, 4.69) is 41.2 Å². The number of fused-ring (bicyclic) bond motifs is 1. The van der Waals surface area contributed by atoms with Gasteiger partial charge in [-0.2, -0.15) is 0 Å². The molecule has 0 radical (unpaired) electrons. The van der Waals surface area contributed by atoms with E-state index >= 15 is 0 Å². The fourth-order valence-corrected chi connectivity index (χ4v) is 2.66. The van der Waals surface area contributed by atoms with E-state index in [0.29, 0.717) is 11.9 Å². The minimum atomic E-state index is 0.296. The molecule has 0 fully saturated rings. The molecule has 3 rings (SSSR count). The maximum absolute atomic E-state index is 5.83. The lowest BCUT2D eigenvalue weighted by Crippen LogP contribution is -2.21. The van der Waals surface area contributed by atoms with Crippen LogP contribution in [0.3, 0.4) is 0 Å². The third-order valence-corrected chi connectivity index (χ3v) is 3.57. The summed E-state index contributed by atoms with van der Waals surface area (Å²) in [6.07, 6.45) is 1.01. The fraction of sp³-hybridized carbons (Fsp3) is 0.357. The summed E-state index contributed by atoms with van der Waals surface area (Å²) in [5, 5.41) is 3.85. The van der Waals surface area contributed by atoms with Gasteiger partial charge in [0.1, 0.15) is 0 Å². The number of nitrogens with zero attached hydrogens (tertiary/aromatic N) is 2. The lowest BCUT2D eigenvalue weighted by Gasteiger charge is -2.22. The quantitative estimate of drug-likeness (QED) is 0.900. The third-order valence-electron chi connectivity index (χ3n) is 3.57. The monoisotopic (exact) mass is 243 g/mol. The first-order chi connectivity index (χ1) is 8.79. The largest absolute Gasteiger partial charge is 0.381 e. The molecule has 0 amide bonds. The van der Waals surface area contributed by atoms with Crippen LogP contribution in [0, 0.1) is 0 Å². The molecule has 0 aliphatic carbocycles. The predicted octanol–water partition coefficient (Wildman–Crippen LogP) is 2.72. The number of anilines is 1. The Bertz CT molecular complexity index is 535. The maximum atomic E-state index is 5.83. The number of nitrogens with two attached hydrogens (primary N) is 1. The third kappa shape index (κ3) is 1.78. The smallest absolute Gasteiger partial charge is 0.171 e. The molecule has 1 aromatic carbocycles. The van der Waals surface area contributed by atoms with Crippen LogP contribution in [0.1, 0.15) is 36.3 Å².